The van der Waals surface area contributed by atoms with Gasteiger partial charge in [-0.1, -0.05) is 30.3 Å². The van der Waals surface area contributed by atoms with Crippen molar-refractivity contribution in [3.8, 4) is 6.07 Å². The van der Waals surface area contributed by atoms with Crippen LogP contribution < -0.4 is 10.6 Å². The molecule has 2 aromatic carbocycles. The van der Waals surface area contributed by atoms with E-state index in [1.807, 2.05) is 6.07 Å². The number of halogens is 3. The van der Waals surface area contributed by atoms with Gasteiger partial charge in [0.05, 0.1) is 47.8 Å². The van der Waals surface area contributed by atoms with Crippen LogP contribution in [-0.4, -0.2) is 31.1 Å². The SMILES string of the molecule is COC(=O)C1=C(C(=O)OC)N(c2cc(C(F)(F)F)ccc2[N+](=O)[O-])C(N)=C(C#N)C1c1ccccc1. The average molecular weight is 502 g/mol. The van der Waals surface area contributed by atoms with Crippen LogP contribution in [0.25, 0.3) is 0 Å². The van der Waals surface area contributed by atoms with Crippen molar-refractivity contribution >= 4 is 23.3 Å². The summed E-state index contributed by atoms with van der Waals surface area (Å²) in [6.45, 7) is 0. The molecule has 2 aromatic rings. The van der Waals surface area contributed by atoms with Crippen molar-refractivity contribution in [1.82, 2.24) is 0 Å². The van der Waals surface area contributed by atoms with Crippen LogP contribution in [0.5, 0.6) is 0 Å². The van der Waals surface area contributed by atoms with Gasteiger partial charge in [0.15, 0.2) is 0 Å². The van der Waals surface area contributed by atoms with Crippen LogP contribution in [0.4, 0.5) is 24.5 Å². The first kappa shape index (κ1) is 25.8. The second-order valence-electron chi connectivity index (χ2n) is 7.29. The summed E-state index contributed by atoms with van der Waals surface area (Å²) in [5.41, 5.74) is 1.91. The predicted octanol–water partition coefficient (Wildman–Crippen LogP) is 3.51. The van der Waals surface area contributed by atoms with E-state index in [4.69, 9.17) is 15.2 Å². The number of carbonyl (C=O) groups is 2. The molecule has 1 atom stereocenters. The molecule has 0 spiro atoms. The molecule has 186 valence electrons. The maximum absolute atomic E-state index is 13.5. The number of hydrogen-bond acceptors (Lipinski definition) is 9. The number of alkyl halides is 3. The molecule has 1 aliphatic heterocycles. The van der Waals surface area contributed by atoms with Gasteiger partial charge in [0.25, 0.3) is 5.69 Å². The highest BCUT2D eigenvalue weighted by Crippen LogP contribution is 2.46. The van der Waals surface area contributed by atoms with Gasteiger partial charge in [-0.15, -0.1) is 0 Å². The molecule has 1 unspecified atom stereocenters. The first-order chi connectivity index (χ1) is 17.0. The fraction of sp³-hybridized carbons (Fsp3) is 0.174. The van der Waals surface area contributed by atoms with Gasteiger partial charge in [-0.05, 0) is 17.7 Å². The highest BCUT2D eigenvalue weighted by molar-refractivity contribution is 6.06. The van der Waals surface area contributed by atoms with E-state index in [0.717, 1.165) is 14.2 Å². The first-order valence-electron chi connectivity index (χ1n) is 9.99. The molecule has 10 nitrogen and oxygen atoms in total. The van der Waals surface area contributed by atoms with Crippen LogP contribution >= 0.6 is 0 Å². The van der Waals surface area contributed by atoms with Gasteiger partial charge < -0.3 is 15.2 Å². The van der Waals surface area contributed by atoms with Gasteiger partial charge in [-0.3, -0.25) is 15.0 Å². The Kier molecular flexibility index (Phi) is 7.00. The number of nitro benzene ring substituents is 1. The molecule has 0 saturated heterocycles. The number of nitriles is 1. The summed E-state index contributed by atoms with van der Waals surface area (Å²) in [5.74, 6) is -4.30. The number of nitrogens with zero attached hydrogens (tertiary/aromatic N) is 3. The van der Waals surface area contributed by atoms with Crippen molar-refractivity contribution in [2.45, 2.75) is 12.1 Å². The number of allylic oxidation sites excluding steroid dienone is 1. The Morgan fingerprint density at radius 2 is 1.72 bits per heavy atom. The fourth-order valence-electron chi connectivity index (χ4n) is 3.80. The fourth-order valence-corrected chi connectivity index (χ4v) is 3.80. The molecule has 1 aliphatic rings. The lowest BCUT2D eigenvalue weighted by molar-refractivity contribution is -0.384. The second-order valence-corrected chi connectivity index (χ2v) is 7.29. The molecule has 13 heteroatoms. The number of nitrogens with two attached hydrogens (primary N) is 1. The summed E-state index contributed by atoms with van der Waals surface area (Å²) in [7, 11) is 1.91. The Morgan fingerprint density at radius 1 is 1.11 bits per heavy atom. The van der Waals surface area contributed by atoms with Crippen LogP contribution in [0.2, 0.25) is 0 Å². The van der Waals surface area contributed by atoms with E-state index in [1.54, 1.807) is 18.2 Å². The van der Waals surface area contributed by atoms with E-state index in [1.165, 1.54) is 12.1 Å². The summed E-state index contributed by atoms with van der Waals surface area (Å²) in [5, 5.41) is 21.7. The number of ether oxygens (including phenoxy) is 2. The summed E-state index contributed by atoms with van der Waals surface area (Å²) >= 11 is 0. The molecule has 3 rings (SSSR count). The minimum Gasteiger partial charge on any atom is -0.466 e. The molecule has 0 aromatic heterocycles. The highest BCUT2D eigenvalue weighted by atomic mass is 19.4. The first-order valence-corrected chi connectivity index (χ1v) is 9.99. The number of rotatable bonds is 5. The Hall–Kier alpha value is -4.86. The molecule has 2 N–H and O–H groups in total. The zero-order chi connectivity index (χ0) is 26.8. The molecule has 0 aliphatic carbocycles. The van der Waals surface area contributed by atoms with Crippen LogP contribution in [0.3, 0.4) is 0 Å². The number of benzene rings is 2. The average Bonchev–Trinajstić information content (AvgIpc) is 2.86. The summed E-state index contributed by atoms with van der Waals surface area (Å²) in [6.07, 6.45) is -4.93. The number of nitro groups is 1. The number of esters is 2. The van der Waals surface area contributed by atoms with Gasteiger partial charge >= 0.3 is 18.1 Å². The molecule has 0 radical (unpaired) electrons. The van der Waals surface area contributed by atoms with Crippen molar-refractivity contribution in [2.24, 2.45) is 5.73 Å². The minimum absolute atomic E-state index is 0.317. The van der Waals surface area contributed by atoms with Gasteiger partial charge in [-0.2, -0.15) is 18.4 Å². The van der Waals surface area contributed by atoms with Crippen molar-refractivity contribution < 1.29 is 37.2 Å². The lowest BCUT2D eigenvalue weighted by Gasteiger charge is -2.35. The molecule has 0 fully saturated rings. The zero-order valence-electron chi connectivity index (χ0n) is 18.7. The largest absolute Gasteiger partial charge is 0.466 e. The van der Waals surface area contributed by atoms with Crippen molar-refractivity contribution in [1.29, 1.82) is 5.26 Å². The maximum Gasteiger partial charge on any atom is 0.416 e. The normalized spacial score (nSPS) is 15.9. The van der Waals surface area contributed by atoms with E-state index in [2.05, 4.69) is 0 Å². The molecular formula is C23H17F3N4O6. The predicted molar refractivity (Wildman–Crippen MR) is 118 cm³/mol. The monoisotopic (exact) mass is 502 g/mol. The van der Waals surface area contributed by atoms with E-state index in [9.17, 15) is 38.1 Å². The van der Waals surface area contributed by atoms with E-state index >= 15 is 0 Å². The third-order valence-electron chi connectivity index (χ3n) is 5.35. The third kappa shape index (κ3) is 4.43. The minimum atomic E-state index is -4.93. The van der Waals surface area contributed by atoms with Crippen LogP contribution in [-0.2, 0) is 25.2 Å². The quantitative estimate of drug-likeness (QED) is 0.368. The van der Waals surface area contributed by atoms with Crippen molar-refractivity contribution in [2.75, 3.05) is 19.1 Å². The molecule has 0 saturated carbocycles. The molecule has 1 heterocycles. The standard InChI is InChI=1S/C23H17F3N4O6/c1-35-21(31)18-17(12-6-4-3-5-7-12)14(11-27)20(28)29(19(18)22(32)36-2)16-10-13(23(24,25)26)8-9-15(16)30(33)34/h3-10,17H,28H2,1-2H3. The Morgan fingerprint density at radius 3 is 2.22 bits per heavy atom. The number of hydrogen-bond donors (Lipinski definition) is 1. The Labute approximate surface area is 201 Å². The topological polar surface area (TPSA) is 149 Å². The molecule has 0 amide bonds. The van der Waals surface area contributed by atoms with Crippen molar-refractivity contribution in [3.63, 3.8) is 0 Å². The van der Waals surface area contributed by atoms with Crippen LogP contribution in [0.1, 0.15) is 17.0 Å². The summed E-state index contributed by atoms with van der Waals surface area (Å²) in [6, 6.07) is 11.1. The van der Waals surface area contributed by atoms with Gasteiger partial charge in [0, 0.05) is 6.07 Å². The van der Waals surface area contributed by atoms with E-state index in [-0.39, 0.29) is 5.57 Å². The van der Waals surface area contributed by atoms with E-state index < -0.39 is 63.0 Å². The summed E-state index contributed by atoms with van der Waals surface area (Å²) in [4.78, 5) is 37.2. The van der Waals surface area contributed by atoms with Gasteiger partial charge in [-0.25, -0.2) is 9.59 Å². The lowest BCUT2D eigenvalue weighted by atomic mass is 9.81. The number of anilines is 1. The smallest absolute Gasteiger partial charge is 0.416 e. The maximum atomic E-state index is 13.5. The second kappa shape index (κ2) is 9.79. The zero-order valence-corrected chi connectivity index (χ0v) is 18.7. The van der Waals surface area contributed by atoms with Crippen LogP contribution in [0.15, 0.2) is 71.2 Å². The lowest BCUT2D eigenvalue weighted by Crippen LogP contribution is -2.41. The van der Waals surface area contributed by atoms with Gasteiger partial charge in [0.2, 0.25) is 0 Å². The molecular weight excluding hydrogens is 485 g/mol. The number of carbonyl (C=O) groups excluding carboxylic acids is 2. The van der Waals surface area contributed by atoms with Crippen molar-refractivity contribution in [3.05, 3.63) is 92.4 Å². The van der Waals surface area contributed by atoms with E-state index in [0.29, 0.717) is 28.7 Å². The Balaban J connectivity index is 2.52. The highest BCUT2D eigenvalue weighted by Gasteiger charge is 2.45. The van der Waals surface area contributed by atoms with Crippen LogP contribution in [0, 0.1) is 21.4 Å². The van der Waals surface area contributed by atoms with Gasteiger partial charge in [0.1, 0.15) is 17.2 Å². The molecule has 0 bridgehead atoms. The molecule has 36 heavy (non-hydrogen) atoms. The summed E-state index contributed by atoms with van der Waals surface area (Å²) < 4.78 is 50.1. The number of methoxy groups -OCH3 is 2. The third-order valence-corrected chi connectivity index (χ3v) is 5.35. The Bertz CT molecular complexity index is 1350.